The highest BCUT2D eigenvalue weighted by molar-refractivity contribution is 5.84. The molecule has 0 saturated carbocycles. The van der Waals surface area contributed by atoms with Crippen molar-refractivity contribution in [1.29, 1.82) is 0 Å². The lowest BCUT2D eigenvalue weighted by atomic mass is 10.1. The molecule has 1 heterocycles. The molecule has 0 saturated heterocycles. The summed E-state index contributed by atoms with van der Waals surface area (Å²) in [4.78, 5) is 17.7. The quantitative estimate of drug-likeness (QED) is 0.398. The lowest BCUT2D eigenvalue weighted by Gasteiger charge is -2.19. The number of hydrogen-bond acceptors (Lipinski definition) is 4. The van der Waals surface area contributed by atoms with E-state index in [4.69, 9.17) is 4.74 Å². The maximum absolute atomic E-state index is 11.8. The summed E-state index contributed by atoms with van der Waals surface area (Å²) in [6, 6.07) is 0.143. The summed E-state index contributed by atoms with van der Waals surface area (Å²) >= 11 is 0. The van der Waals surface area contributed by atoms with Crippen LogP contribution in [0.3, 0.4) is 0 Å². The Morgan fingerprint density at radius 3 is 2.60 bits per heavy atom. The van der Waals surface area contributed by atoms with Gasteiger partial charge in [0.15, 0.2) is 5.96 Å². The zero-order valence-electron chi connectivity index (χ0n) is 16.5. The van der Waals surface area contributed by atoms with Crippen molar-refractivity contribution >= 4 is 11.9 Å². The molecule has 0 aliphatic heterocycles. The summed E-state index contributed by atoms with van der Waals surface area (Å²) in [5, 5.41) is 11.0. The average molecular weight is 352 g/mol. The molecule has 1 aromatic heterocycles. The fourth-order valence-electron chi connectivity index (χ4n) is 2.42. The van der Waals surface area contributed by atoms with Gasteiger partial charge in [-0.05, 0) is 32.8 Å². The van der Waals surface area contributed by atoms with Crippen LogP contribution in [0.25, 0.3) is 0 Å². The average Bonchev–Trinajstić information content (AvgIpc) is 2.78. The minimum absolute atomic E-state index is 0.0422. The van der Waals surface area contributed by atoms with E-state index in [0.717, 1.165) is 12.1 Å². The van der Waals surface area contributed by atoms with Gasteiger partial charge in [0.2, 0.25) is 5.91 Å². The summed E-state index contributed by atoms with van der Waals surface area (Å²) in [5.74, 6) is 0.568. The van der Waals surface area contributed by atoms with E-state index in [1.54, 1.807) is 21.2 Å². The monoisotopic (exact) mass is 352 g/mol. The Balaban J connectivity index is 2.74. The summed E-state index contributed by atoms with van der Waals surface area (Å²) in [6.07, 6.45) is 0.831. The molecule has 1 rings (SSSR count). The van der Waals surface area contributed by atoms with Crippen LogP contribution < -0.4 is 10.6 Å². The van der Waals surface area contributed by atoms with E-state index < -0.39 is 0 Å². The Hall–Kier alpha value is -2.09. The van der Waals surface area contributed by atoms with Crippen LogP contribution in [0.15, 0.2) is 4.99 Å². The maximum Gasteiger partial charge on any atom is 0.243 e. The van der Waals surface area contributed by atoms with Crippen LogP contribution in [0.2, 0.25) is 0 Å². The van der Waals surface area contributed by atoms with Gasteiger partial charge in [0, 0.05) is 46.5 Å². The summed E-state index contributed by atoms with van der Waals surface area (Å²) in [6.45, 7) is 7.48. The van der Waals surface area contributed by atoms with Gasteiger partial charge in [-0.15, -0.1) is 0 Å². The van der Waals surface area contributed by atoms with Crippen molar-refractivity contribution in [1.82, 2.24) is 25.3 Å². The number of likely N-dealkylation sites (N-methyl/N-ethyl adjacent to an activating group) is 1. The van der Waals surface area contributed by atoms with E-state index in [-0.39, 0.29) is 18.5 Å². The second-order valence-corrected chi connectivity index (χ2v) is 6.40. The summed E-state index contributed by atoms with van der Waals surface area (Å²) in [7, 11) is 7.05. The minimum Gasteiger partial charge on any atom is -0.383 e. The van der Waals surface area contributed by atoms with Crippen molar-refractivity contribution in [3.63, 3.8) is 0 Å². The van der Waals surface area contributed by atoms with Gasteiger partial charge in [-0.25, -0.2) is 4.99 Å². The highest BCUT2D eigenvalue weighted by Gasteiger charge is 2.14. The van der Waals surface area contributed by atoms with Crippen molar-refractivity contribution in [3.05, 3.63) is 17.0 Å². The molecular weight excluding hydrogens is 320 g/mol. The molecule has 142 valence electrons. The van der Waals surface area contributed by atoms with Gasteiger partial charge in [-0.3, -0.25) is 9.48 Å². The Morgan fingerprint density at radius 2 is 2.08 bits per heavy atom. The predicted molar refractivity (Wildman–Crippen MR) is 99.9 cm³/mol. The normalized spacial score (nSPS) is 12.8. The number of aryl methyl sites for hydroxylation is 2. The zero-order valence-corrected chi connectivity index (χ0v) is 16.5. The molecule has 0 aliphatic rings. The van der Waals surface area contributed by atoms with Crippen molar-refractivity contribution < 1.29 is 9.53 Å². The molecule has 0 spiro atoms. The number of nitrogens with one attached hydrogen (secondary N) is 2. The fraction of sp³-hybridized carbons (Fsp3) is 0.706. The second-order valence-electron chi connectivity index (χ2n) is 6.40. The molecule has 8 heteroatoms. The zero-order chi connectivity index (χ0) is 19.0. The molecule has 0 bridgehead atoms. The molecule has 1 unspecified atom stereocenters. The number of carbonyl (C=O) groups is 1. The van der Waals surface area contributed by atoms with Gasteiger partial charge >= 0.3 is 0 Å². The largest absolute Gasteiger partial charge is 0.383 e. The molecule has 2 N–H and O–H groups in total. The lowest BCUT2D eigenvalue weighted by molar-refractivity contribution is -0.127. The van der Waals surface area contributed by atoms with Crippen LogP contribution in [0, 0.1) is 13.8 Å². The SMILES string of the molecule is COCCNC(=NCC(=O)N(C)C)NC(C)Cc1c(C)nn(C)c1C. The minimum atomic E-state index is -0.0422. The molecular formula is C17H32N6O2. The fourth-order valence-corrected chi connectivity index (χ4v) is 2.42. The van der Waals surface area contributed by atoms with E-state index >= 15 is 0 Å². The first-order valence-corrected chi connectivity index (χ1v) is 8.49. The molecule has 1 amide bonds. The van der Waals surface area contributed by atoms with Gasteiger partial charge < -0.3 is 20.3 Å². The number of methoxy groups -OCH3 is 1. The molecule has 25 heavy (non-hydrogen) atoms. The molecule has 0 aliphatic carbocycles. The van der Waals surface area contributed by atoms with Crippen LogP contribution >= 0.6 is 0 Å². The van der Waals surface area contributed by atoms with Crippen LogP contribution in [0.4, 0.5) is 0 Å². The number of hydrogen-bond donors (Lipinski definition) is 2. The maximum atomic E-state index is 11.8. The topological polar surface area (TPSA) is 83.8 Å². The molecule has 0 radical (unpaired) electrons. The van der Waals surface area contributed by atoms with Crippen LogP contribution in [0.1, 0.15) is 23.9 Å². The Labute approximate surface area is 150 Å². The standard InChI is InChI=1S/C17H32N6O2/c1-12(10-15-13(2)21-23(6)14(15)3)20-17(18-8-9-25-7)19-11-16(24)22(4)5/h12H,8-11H2,1-7H3,(H2,18,19,20). The first-order valence-electron chi connectivity index (χ1n) is 8.49. The number of aromatic nitrogens is 2. The van der Waals surface area contributed by atoms with E-state index in [9.17, 15) is 4.79 Å². The highest BCUT2D eigenvalue weighted by atomic mass is 16.5. The van der Waals surface area contributed by atoms with Gasteiger partial charge in [0.05, 0.1) is 12.3 Å². The van der Waals surface area contributed by atoms with Crippen LogP contribution in [-0.4, -0.2) is 73.5 Å². The molecule has 0 aromatic carbocycles. The summed E-state index contributed by atoms with van der Waals surface area (Å²) in [5.41, 5.74) is 3.45. The lowest BCUT2D eigenvalue weighted by Crippen LogP contribution is -2.44. The number of carbonyl (C=O) groups excluding carboxylic acids is 1. The third-order valence-corrected chi connectivity index (χ3v) is 4.02. The van der Waals surface area contributed by atoms with Crippen molar-refractivity contribution in [3.8, 4) is 0 Å². The number of ether oxygens (including phenoxy) is 1. The van der Waals surface area contributed by atoms with Crippen molar-refractivity contribution in [2.24, 2.45) is 12.0 Å². The van der Waals surface area contributed by atoms with Crippen molar-refractivity contribution in [2.45, 2.75) is 33.2 Å². The number of nitrogens with zero attached hydrogens (tertiary/aromatic N) is 4. The molecule has 1 atom stereocenters. The van der Waals surface area contributed by atoms with Gasteiger partial charge in [-0.1, -0.05) is 0 Å². The van der Waals surface area contributed by atoms with E-state index in [1.165, 1.54) is 16.2 Å². The van der Waals surface area contributed by atoms with E-state index in [0.29, 0.717) is 19.1 Å². The van der Waals surface area contributed by atoms with Crippen LogP contribution in [0.5, 0.6) is 0 Å². The number of aliphatic imine (C=N–C) groups is 1. The first kappa shape index (κ1) is 21.0. The van der Waals surface area contributed by atoms with Crippen molar-refractivity contribution in [2.75, 3.05) is 40.9 Å². The van der Waals surface area contributed by atoms with Gasteiger partial charge in [0.1, 0.15) is 6.54 Å². The highest BCUT2D eigenvalue weighted by Crippen LogP contribution is 2.14. The Bertz CT molecular complexity index is 594. The Morgan fingerprint density at radius 1 is 1.40 bits per heavy atom. The van der Waals surface area contributed by atoms with E-state index in [2.05, 4.69) is 34.6 Å². The number of guanidine groups is 1. The number of rotatable bonds is 8. The predicted octanol–water partition coefficient (Wildman–Crippen LogP) is 0.238. The smallest absolute Gasteiger partial charge is 0.243 e. The summed E-state index contributed by atoms with van der Waals surface area (Å²) < 4.78 is 6.96. The molecule has 0 fully saturated rings. The third kappa shape index (κ3) is 6.74. The Kier molecular flexibility index (Phi) is 8.40. The number of amides is 1. The van der Waals surface area contributed by atoms with E-state index in [1.807, 2.05) is 18.7 Å². The molecule has 1 aromatic rings. The first-order chi connectivity index (χ1) is 11.8. The van der Waals surface area contributed by atoms with Crippen LogP contribution in [-0.2, 0) is 23.0 Å². The second kappa shape index (κ2) is 10.0. The van der Waals surface area contributed by atoms with Gasteiger partial charge in [-0.2, -0.15) is 5.10 Å². The van der Waals surface area contributed by atoms with Gasteiger partial charge in [0.25, 0.3) is 0 Å². The third-order valence-electron chi connectivity index (χ3n) is 4.02. The molecule has 8 nitrogen and oxygen atoms in total.